The van der Waals surface area contributed by atoms with E-state index in [1.165, 1.54) is 6.26 Å². The summed E-state index contributed by atoms with van der Waals surface area (Å²) in [5.74, 6) is 0. The Labute approximate surface area is 116 Å². The zero-order valence-corrected chi connectivity index (χ0v) is 10.9. The third-order valence-corrected chi connectivity index (χ3v) is 3.27. The summed E-state index contributed by atoms with van der Waals surface area (Å²) in [6.45, 7) is 3.66. The van der Waals surface area contributed by atoms with Gasteiger partial charge in [-0.2, -0.15) is 0 Å². The average molecular weight is 265 g/mol. The Morgan fingerprint density at radius 3 is 2.80 bits per heavy atom. The number of hydrogen-bond acceptors (Lipinski definition) is 3. The van der Waals surface area contributed by atoms with Gasteiger partial charge in [0.15, 0.2) is 0 Å². The normalized spacial score (nSPS) is 12.2. The molecular formula is C16H15N3O. The van der Waals surface area contributed by atoms with E-state index in [9.17, 15) is 0 Å². The zero-order chi connectivity index (χ0) is 13.9. The van der Waals surface area contributed by atoms with Gasteiger partial charge in [-0.05, 0) is 23.8 Å². The molecule has 0 fully saturated rings. The molecular weight excluding hydrogens is 250 g/mol. The minimum atomic E-state index is -0.218. The Hall–Kier alpha value is -2.75. The van der Waals surface area contributed by atoms with Gasteiger partial charge >= 0.3 is 0 Å². The summed E-state index contributed by atoms with van der Waals surface area (Å²) in [6, 6.07) is 9.63. The van der Waals surface area contributed by atoms with Gasteiger partial charge in [0, 0.05) is 29.0 Å². The molecule has 0 aliphatic carbocycles. The van der Waals surface area contributed by atoms with Crippen molar-refractivity contribution in [3.8, 4) is 0 Å². The van der Waals surface area contributed by atoms with Crippen molar-refractivity contribution in [1.82, 2.24) is 9.97 Å². The van der Waals surface area contributed by atoms with Crippen LogP contribution in [-0.2, 0) is 4.74 Å². The van der Waals surface area contributed by atoms with Crippen LogP contribution in [-0.4, -0.2) is 9.97 Å². The molecule has 1 aromatic carbocycles. The van der Waals surface area contributed by atoms with E-state index < -0.39 is 0 Å². The fourth-order valence-electron chi connectivity index (χ4n) is 2.31. The van der Waals surface area contributed by atoms with E-state index >= 15 is 0 Å². The first-order valence-corrected chi connectivity index (χ1v) is 6.32. The summed E-state index contributed by atoms with van der Waals surface area (Å²) < 4.78 is 5.70. The summed E-state index contributed by atoms with van der Waals surface area (Å²) in [4.78, 5) is 7.31. The number of fused-ring (bicyclic) bond motifs is 1. The van der Waals surface area contributed by atoms with E-state index in [1.807, 2.05) is 36.5 Å². The molecule has 100 valence electrons. The molecule has 0 saturated carbocycles. The number of nitrogen functional groups attached to an aromatic ring is 1. The Bertz CT molecular complexity index is 731. The standard InChI is InChI=1S/C16H15N3O/c1-2-20-16(11-3-5-12(17)6-4-11)14-9-19-15-10-18-8-7-13(14)15/h2-10,16,19H,1,17H2. The molecule has 0 bridgehead atoms. The summed E-state index contributed by atoms with van der Waals surface area (Å²) in [7, 11) is 0. The zero-order valence-electron chi connectivity index (χ0n) is 10.9. The van der Waals surface area contributed by atoms with Crippen molar-refractivity contribution >= 4 is 16.6 Å². The van der Waals surface area contributed by atoms with Crippen LogP contribution in [0.4, 0.5) is 5.69 Å². The maximum Gasteiger partial charge on any atom is 0.150 e. The summed E-state index contributed by atoms with van der Waals surface area (Å²) in [5.41, 5.74) is 9.52. The van der Waals surface area contributed by atoms with Crippen molar-refractivity contribution in [1.29, 1.82) is 0 Å². The van der Waals surface area contributed by atoms with Gasteiger partial charge in [-0.15, -0.1) is 0 Å². The quantitative estimate of drug-likeness (QED) is 0.561. The highest BCUT2D eigenvalue weighted by molar-refractivity contribution is 5.83. The molecule has 2 heterocycles. The van der Waals surface area contributed by atoms with E-state index in [0.717, 1.165) is 27.7 Å². The molecule has 3 aromatic rings. The molecule has 0 radical (unpaired) electrons. The minimum absolute atomic E-state index is 0.218. The number of pyridine rings is 1. The van der Waals surface area contributed by atoms with Crippen LogP contribution in [0.25, 0.3) is 10.9 Å². The van der Waals surface area contributed by atoms with Crippen LogP contribution in [0.3, 0.4) is 0 Å². The van der Waals surface area contributed by atoms with E-state index in [2.05, 4.69) is 16.5 Å². The molecule has 4 nitrogen and oxygen atoms in total. The number of H-pyrrole nitrogens is 1. The fourth-order valence-corrected chi connectivity index (χ4v) is 2.31. The highest BCUT2D eigenvalue weighted by atomic mass is 16.5. The second-order valence-electron chi connectivity index (χ2n) is 4.51. The predicted octanol–water partition coefficient (Wildman–Crippen LogP) is 3.39. The molecule has 3 rings (SSSR count). The highest BCUT2D eigenvalue weighted by Gasteiger charge is 2.18. The van der Waals surface area contributed by atoms with Crippen LogP contribution in [0, 0.1) is 0 Å². The first-order valence-electron chi connectivity index (χ1n) is 6.32. The van der Waals surface area contributed by atoms with Crippen LogP contribution in [0.5, 0.6) is 0 Å². The summed E-state index contributed by atoms with van der Waals surface area (Å²) in [5, 5.41) is 1.09. The maximum atomic E-state index is 5.73. The smallest absolute Gasteiger partial charge is 0.150 e. The molecule has 0 aliphatic heterocycles. The van der Waals surface area contributed by atoms with Gasteiger partial charge in [0.1, 0.15) is 6.10 Å². The predicted molar refractivity (Wildman–Crippen MR) is 80.1 cm³/mol. The number of nitrogens with one attached hydrogen (secondary N) is 1. The van der Waals surface area contributed by atoms with Crippen molar-refractivity contribution in [2.75, 3.05) is 5.73 Å². The Kier molecular flexibility index (Phi) is 3.13. The van der Waals surface area contributed by atoms with Crippen LogP contribution >= 0.6 is 0 Å². The topological polar surface area (TPSA) is 63.9 Å². The summed E-state index contributed by atoms with van der Waals surface area (Å²) in [6.07, 6.45) is 6.75. The number of hydrogen-bond donors (Lipinski definition) is 2. The highest BCUT2D eigenvalue weighted by Crippen LogP contribution is 2.31. The molecule has 20 heavy (non-hydrogen) atoms. The van der Waals surface area contributed by atoms with Gasteiger partial charge in [-0.25, -0.2) is 0 Å². The lowest BCUT2D eigenvalue weighted by Gasteiger charge is -2.16. The Morgan fingerprint density at radius 2 is 2.05 bits per heavy atom. The number of nitrogens with zero attached hydrogens (tertiary/aromatic N) is 1. The molecule has 0 spiro atoms. The van der Waals surface area contributed by atoms with Gasteiger partial charge < -0.3 is 15.5 Å². The van der Waals surface area contributed by atoms with E-state index in [0.29, 0.717) is 0 Å². The monoisotopic (exact) mass is 265 g/mol. The van der Waals surface area contributed by atoms with E-state index in [1.54, 1.807) is 12.4 Å². The maximum absolute atomic E-state index is 5.73. The van der Waals surface area contributed by atoms with Gasteiger partial charge in [0.25, 0.3) is 0 Å². The van der Waals surface area contributed by atoms with E-state index in [4.69, 9.17) is 10.5 Å². The van der Waals surface area contributed by atoms with Crippen molar-refractivity contribution in [2.24, 2.45) is 0 Å². The number of anilines is 1. The average Bonchev–Trinajstić information content (AvgIpc) is 2.90. The van der Waals surface area contributed by atoms with Gasteiger partial charge in [0.05, 0.1) is 18.0 Å². The summed E-state index contributed by atoms with van der Waals surface area (Å²) >= 11 is 0. The number of nitrogens with two attached hydrogens (primary N) is 1. The Morgan fingerprint density at radius 1 is 1.25 bits per heavy atom. The third-order valence-electron chi connectivity index (χ3n) is 3.27. The van der Waals surface area contributed by atoms with Crippen molar-refractivity contribution < 1.29 is 4.74 Å². The van der Waals surface area contributed by atoms with Crippen LogP contribution in [0.2, 0.25) is 0 Å². The number of aromatic amines is 1. The van der Waals surface area contributed by atoms with Crippen molar-refractivity contribution in [2.45, 2.75) is 6.10 Å². The number of ether oxygens (including phenoxy) is 1. The van der Waals surface area contributed by atoms with Gasteiger partial charge in [-0.3, -0.25) is 4.98 Å². The van der Waals surface area contributed by atoms with Crippen LogP contribution in [0.15, 0.2) is 61.8 Å². The second kappa shape index (κ2) is 5.09. The van der Waals surface area contributed by atoms with Gasteiger partial charge in [0.2, 0.25) is 0 Å². The van der Waals surface area contributed by atoms with Gasteiger partial charge in [-0.1, -0.05) is 18.7 Å². The third kappa shape index (κ3) is 2.12. The molecule has 2 aromatic heterocycles. The molecule has 4 heteroatoms. The molecule has 1 unspecified atom stereocenters. The lowest BCUT2D eigenvalue weighted by molar-refractivity contribution is 0.185. The number of benzene rings is 1. The first-order chi connectivity index (χ1) is 9.79. The fraction of sp³-hybridized carbons (Fsp3) is 0.0625. The molecule has 0 saturated heterocycles. The first kappa shape index (κ1) is 12.3. The lowest BCUT2D eigenvalue weighted by atomic mass is 10.0. The largest absolute Gasteiger partial charge is 0.489 e. The Balaban J connectivity index is 2.10. The number of rotatable bonds is 4. The SMILES string of the molecule is C=COC(c1ccc(N)cc1)c1c[nH]c2cnccc12. The number of aromatic nitrogens is 2. The minimum Gasteiger partial charge on any atom is -0.489 e. The molecule has 0 amide bonds. The lowest BCUT2D eigenvalue weighted by Crippen LogP contribution is -2.02. The molecule has 1 atom stereocenters. The van der Waals surface area contributed by atoms with Crippen molar-refractivity contribution in [3.63, 3.8) is 0 Å². The van der Waals surface area contributed by atoms with Crippen LogP contribution < -0.4 is 5.73 Å². The second-order valence-corrected chi connectivity index (χ2v) is 4.51. The molecule has 0 aliphatic rings. The van der Waals surface area contributed by atoms with Crippen molar-refractivity contribution in [3.05, 3.63) is 72.9 Å². The van der Waals surface area contributed by atoms with E-state index in [-0.39, 0.29) is 6.10 Å². The van der Waals surface area contributed by atoms with Crippen LogP contribution in [0.1, 0.15) is 17.2 Å². The molecule has 3 N–H and O–H groups in total.